The number of fused-ring (bicyclic) bond motifs is 1. The third-order valence-corrected chi connectivity index (χ3v) is 8.75. The molecule has 2 heterocycles. The maximum Gasteiger partial charge on any atom is 0.303 e. The highest BCUT2D eigenvalue weighted by molar-refractivity contribution is 5.76. The molecule has 9 nitrogen and oxygen atoms in total. The highest BCUT2D eigenvalue weighted by Crippen LogP contribution is 2.39. The van der Waals surface area contributed by atoms with Crippen molar-refractivity contribution in [3.05, 3.63) is 126 Å². The van der Waals surface area contributed by atoms with Crippen LogP contribution in [0, 0.1) is 0 Å². The summed E-state index contributed by atoms with van der Waals surface area (Å²) in [7, 11) is 0. The summed E-state index contributed by atoms with van der Waals surface area (Å²) in [6.45, 7) is 1.03. The number of para-hydroxylation sites is 2. The van der Waals surface area contributed by atoms with Gasteiger partial charge in [0.25, 0.3) is 0 Å². The Bertz CT molecular complexity index is 1840. The SMILES string of the molecule is O=C(O)CCCCCC(=O)NCc1cccc(-c2cccc([C@H]3O[C@@H](Cn4cnc5ccccc54)C[C@@H](c4ccc(CO)cc4)O3)c2)c1. The van der Waals surface area contributed by atoms with Crippen LogP contribution in [0.3, 0.4) is 0 Å². The van der Waals surface area contributed by atoms with Gasteiger partial charge in [0.1, 0.15) is 0 Å². The van der Waals surface area contributed by atoms with E-state index in [0.29, 0.717) is 38.8 Å². The molecule has 1 saturated heterocycles. The van der Waals surface area contributed by atoms with Gasteiger partial charge in [-0.1, -0.05) is 79.2 Å². The van der Waals surface area contributed by atoms with Gasteiger partial charge in [-0.15, -0.1) is 0 Å². The number of aliphatic hydroxyl groups excluding tert-OH is 1. The molecule has 248 valence electrons. The fourth-order valence-electron chi connectivity index (χ4n) is 6.16. The van der Waals surface area contributed by atoms with Gasteiger partial charge in [0.2, 0.25) is 5.91 Å². The zero-order chi connectivity index (χ0) is 33.3. The van der Waals surface area contributed by atoms with Crippen molar-refractivity contribution < 1.29 is 29.3 Å². The first kappa shape index (κ1) is 33.1. The van der Waals surface area contributed by atoms with E-state index in [1.165, 1.54) is 0 Å². The van der Waals surface area contributed by atoms with Crippen LogP contribution in [0.2, 0.25) is 0 Å². The molecule has 1 fully saturated rings. The van der Waals surface area contributed by atoms with Crippen LogP contribution in [0.4, 0.5) is 0 Å². The van der Waals surface area contributed by atoms with E-state index < -0.39 is 12.3 Å². The number of aliphatic hydroxyl groups is 1. The molecule has 0 bridgehead atoms. The number of aliphatic carboxylic acids is 1. The average molecular weight is 648 g/mol. The number of unbranched alkanes of at least 4 members (excludes halogenated alkanes) is 2. The molecule has 3 atom stereocenters. The van der Waals surface area contributed by atoms with Crippen LogP contribution in [0.5, 0.6) is 0 Å². The minimum Gasteiger partial charge on any atom is -0.481 e. The van der Waals surface area contributed by atoms with Crippen LogP contribution in [0.1, 0.15) is 73.2 Å². The second kappa shape index (κ2) is 15.8. The van der Waals surface area contributed by atoms with Crippen molar-refractivity contribution in [1.29, 1.82) is 0 Å². The number of carbonyl (C=O) groups is 2. The molecule has 0 spiro atoms. The molecule has 0 unspecified atom stereocenters. The lowest BCUT2D eigenvalue weighted by Crippen LogP contribution is -2.32. The Balaban J connectivity index is 1.16. The van der Waals surface area contributed by atoms with Gasteiger partial charge >= 0.3 is 5.97 Å². The van der Waals surface area contributed by atoms with Crippen molar-refractivity contribution in [2.45, 2.75) is 76.7 Å². The molecule has 48 heavy (non-hydrogen) atoms. The summed E-state index contributed by atoms with van der Waals surface area (Å²) >= 11 is 0. The van der Waals surface area contributed by atoms with Gasteiger partial charge < -0.3 is 29.6 Å². The zero-order valence-corrected chi connectivity index (χ0v) is 26.8. The molecule has 1 amide bonds. The largest absolute Gasteiger partial charge is 0.481 e. The number of benzene rings is 4. The van der Waals surface area contributed by atoms with E-state index in [4.69, 9.17) is 14.6 Å². The average Bonchev–Trinajstić information content (AvgIpc) is 3.53. The number of hydrogen-bond acceptors (Lipinski definition) is 6. The maximum atomic E-state index is 12.4. The summed E-state index contributed by atoms with van der Waals surface area (Å²) < 4.78 is 15.4. The normalized spacial score (nSPS) is 17.7. The molecule has 4 aromatic carbocycles. The molecule has 0 radical (unpaired) electrons. The van der Waals surface area contributed by atoms with Crippen molar-refractivity contribution in [3.8, 4) is 11.1 Å². The monoisotopic (exact) mass is 647 g/mol. The molecule has 1 aliphatic rings. The van der Waals surface area contributed by atoms with Gasteiger partial charge in [0.15, 0.2) is 6.29 Å². The minimum absolute atomic E-state index is 0.00951. The summed E-state index contributed by atoms with van der Waals surface area (Å²) in [6, 6.07) is 32.3. The van der Waals surface area contributed by atoms with E-state index in [2.05, 4.69) is 39.1 Å². The zero-order valence-electron chi connectivity index (χ0n) is 26.8. The number of imidazole rings is 1. The second-order valence-electron chi connectivity index (χ2n) is 12.3. The van der Waals surface area contributed by atoms with Crippen molar-refractivity contribution in [2.75, 3.05) is 0 Å². The Kier molecular flexibility index (Phi) is 10.9. The summed E-state index contributed by atoms with van der Waals surface area (Å²) in [5.41, 5.74) is 7.82. The molecule has 6 rings (SSSR count). The van der Waals surface area contributed by atoms with Crippen LogP contribution in [0.25, 0.3) is 22.2 Å². The fourth-order valence-corrected chi connectivity index (χ4v) is 6.16. The Labute approximate surface area is 280 Å². The molecule has 3 N–H and O–H groups in total. The number of nitrogens with one attached hydrogen (secondary N) is 1. The Morgan fingerprint density at radius 3 is 2.40 bits per heavy atom. The predicted molar refractivity (Wildman–Crippen MR) is 183 cm³/mol. The number of rotatable bonds is 14. The number of carboxylic acids is 1. The summed E-state index contributed by atoms with van der Waals surface area (Å²) in [4.78, 5) is 27.6. The van der Waals surface area contributed by atoms with Gasteiger partial charge in [-0.3, -0.25) is 9.59 Å². The molecular formula is C39H41N3O6. The molecule has 0 aliphatic carbocycles. The standard InChI is InChI=1S/C39H41N3O6/c43-25-27-16-18-29(19-17-27)36-22-33(24-42-26-41-34-12-4-5-13-35(34)42)47-39(48-36)32-11-7-10-31(21-32)30-9-6-8-28(20-30)23-40-37(44)14-2-1-3-15-38(45)46/h4-13,16-21,26,33,36,39,43H,1-3,14-15,22-25H2,(H,40,44)(H,45,46)/t33-,36+,39+/m1/s1. The first-order chi connectivity index (χ1) is 23.4. The van der Waals surface area contributed by atoms with Gasteiger partial charge in [-0.25, -0.2) is 4.98 Å². The molecule has 1 aliphatic heterocycles. The van der Waals surface area contributed by atoms with E-state index in [1.807, 2.05) is 79.1 Å². The van der Waals surface area contributed by atoms with E-state index in [1.54, 1.807) is 0 Å². The number of hydrogen-bond donors (Lipinski definition) is 3. The minimum atomic E-state index is -0.804. The maximum absolute atomic E-state index is 12.4. The third-order valence-electron chi connectivity index (χ3n) is 8.75. The Morgan fingerprint density at radius 2 is 1.58 bits per heavy atom. The smallest absolute Gasteiger partial charge is 0.303 e. The van der Waals surface area contributed by atoms with Crippen LogP contribution >= 0.6 is 0 Å². The highest BCUT2D eigenvalue weighted by Gasteiger charge is 2.33. The summed E-state index contributed by atoms with van der Waals surface area (Å²) in [5.74, 6) is -0.843. The van der Waals surface area contributed by atoms with Crippen LogP contribution in [0.15, 0.2) is 103 Å². The van der Waals surface area contributed by atoms with Crippen molar-refractivity contribution >= 4 is 22.9 Å². The Hall–Kier alpha value is -4.83. The number of ether oxygens (including phenoxy) is 2. The van der Waals surface area contributed by atoms with Crippen LogP contribution < -0.4 is 5.32 Å². The van der Waals surface area contributed by atoms with Crippen LogP contribution in [-0.4, -0.2) is 37.7 Å². The number of amides is 1. The molecule has 0 saturated carbocycles. The van der Waals surface area contributed by atoms with Gasteiger partial charge in [-0.05, 0) is 64.9 Å². The third kappa shape index (κ3) is 8.55. The number of nitrogens with zero attached hydrogens (tertiary/aromatic N) is 2. The van der Waals surface area contributed by atoms with Gasteiger partial charge in [0, 0.05) is 31.4 Å². The summed E-state index contributed by atoms with van der Waals surface area (Å²) in [5, 5.41) is 21.3. The van der Waals surface area contributed by atoms with Crippen LogP contribution in [-0.2, 0) is 38.8 Å². The molecular weight excluding hydrogens is 606 g/mol. The quantitative estimate of drug-likeness (QED) is 0.110. The van der Waals surface area contributed by atoms with E-state index in [9.17, 15) is 14.7 Å². The van der Waals surface area contributed by atoms with E-state index in [-0.39, 0.29) is 31.1 Å². The predicted octanol–water partition coefficient (Wildman–Crippen LogP) is 7.09. The Morgan fingerprint density at radius 1 is 0.812 bits per heavy atom. The molecule has 5 aromatic rings. The van der Waals surface area contributed by atoms with E-state index >= 15 is 0 Å². The second-order valence-corrected chi connectivity index (χ2v) is 12.3. The lowest BCUT2D eigenvalue weighted by molar-refractivity contribution is -0.252. The lowest BCUT2D eigenvalue weighted by atomic mass is 9.98. The van der Waals surface area contributed by atoms with Crippen molar-refractivity contribution in [1.82, 2.24) is 14.9 Å². The topological polar surface area (TPSA) is 123 Å². The van der Waals surface area contributed by atoms with Crippen molar-refractivity contribution in [2.24, 2.45) is 0 Å². The van der Waals surface area contributed by atoms with E-state index in [0.717, 1.165) is 50.8 Å². The first-order valence-corrected chi connectivity index (χ1v) is 16.5. The number of aromatic nitrogens is 2. The lowest BCUT2D eigenvalue weighted by Gasteiger charge is -2.36. The molecule has 9 heteroatoms. The number of carbonyl (C=O) groups excluding carboxylic acids is 1. The highest BCUT2D eigenvalue weighted by atomic mass is 16.7. The first-order valence-electron chi connectivity index (χ1n) is 16.5. The van der Waals surface area contributed by atoms with Gasteiger partial charge in [-0.2, -0.15) is 0 Å². The van der Waals surface area contributed by atoms with Crippen molar-refractivity contribution in [3.63, 3.8) is 0 Å². The van der Waals surface area contributed by atoms with Gasteiger partial charge in [0.05, 0.1) is 42.7 Å². The molecule has 1 aromatic heterocycles. The number of carboxylic acid groups (broad SMARTS) is 1. The summed E-state index contributed by atoms with van der Waals surface area (Å²) in [6.07, 6.45) is 4.08. The fraction of sp³-hybridized carbons (Fsp3) is 0.308.